The monoisotopic (exact) mass is 182 g/mol. The molecular formula is C10H11FO2. The molecule has 13 heavy (non-hydrogen) atoms. The van der Waals surface area contributed by atoms with Crippen LogP contribution in [0.3, 0.4) is 0 Å². The molecule has 0 atom stereocenters. The van der Waals surface area contributed by atoms with E-state index in [-0.39, 0.29) is 12.2 Å². The molecule has 0 spiro atoms. The van der Waals surface area contributed by atoms with Crippen LogP contribution >= 0.6 is 0 Å². The average Bonchev–Trinajstić information content (AvgIpc) is 2.09. The number of carbonyl (C=O) groups excluding carboxylic acids is 1. The number of esters is 1. The summed E-state index contributed by atoms with van der Waals surface area (Å²) in [7, 11) is 0. The second-order valence-electron chi connectivity index (χ2n) is 2.57. The van der Waals surface area contributed by atoms with Crippen molar-refractivity contribution in [3.05, 3.63) is 35.6 Å². The standard InChI is InChI=1S/C10H11FO2/c1-2-13-10(12)7-8-5-3-4-6-9(8)11/h3-6H,2,7H2,1H3. The van der Waals surface area contributed by atoms with Crippen molar-refractivity contribution in [2.75, 3.05) is 6.61 Å². The summed E-state index contributed by atoms with van der Waals surface area (Å²) < 4.78 is 17.7. The third-order valence-corrected chi connectivity index (χ3v) is 1.60. The zero-order chi connectivity index (χ0) is 9.68. The summed E-state index contributed by atoms with van der Waals surface area (Å²) in [6.45, 7) is 2.05. The Bertz CT molecular complexity index is 297. The van der Waals surface area contributed by atoms with E-state index in [1.54, 1.807) is 25.1 Å². The predicted octanol–water partition coefficient (Wildman–Crippen LogP) is 1.93. The number of hydrogen-bond donors (Lipinski definition) is 0. The number of halogens is 1. The molecule has 70 valence electrons. The van der Waals surface area contributed by atoms with E-state index in [4.69, 9.17) is 4.74 Å². The van der Waals surface area contributed by atoms with Crippen molar-refractivity contribution in [1.29, 1.82) is 0 Å². The van der Waals surface area contributed by atoms with Gasteiger partial charge in [-0.1, -0.05) is 18.2 Å². The minimum Gasteiger partial charge on any atom is -0.466 e. The van der Waals surface area contributed by atoms with E-state index in [1.165, 1.54) is 6.07 Å². The highest BCUT2D eigenvalue weighted by Gasteiger charge is 2.07. The Hall–Kier alpha value is -1.38. The van der Waals surface area contributed by atoms with Crippen LogP contribution in [0, 0.1) is 5.82 Å². The maximum atomic E-state index is 13.0. The van der Waals surface area contributed by atoms with E-state index < -0.39 is 5.97 Å². The fourth-order valence-electron chi connectivity index (χ4n) is 1.01. The molecule has 0 heterocycles. The van der Waals surface area contributed by atoms with Crippen molar-refractivity contribution >= 4 is 5.97 Å². The Morgan fingerprint density at radius 2 is 2.15 bits per heavy atom. The topological polar surface area (TPSA) is 26.3 Å². The van der Waals surface area contributed by atoms with Gasteiger partial charge in [0.15, 0.2) is 0 Å². The van der Waals surface area contributed by atoms with Crippen LogP contribution in [-0.4, -0.2) is 12.6 Å². The van der Waals surface area contributed by atoms with Gasteiger partial charge in [-0.3, -0.25) is 4.79 Å². The van der Waals surface area contributed by atoms with E-state index in [0.29, 0.717) is 12.2 Å². The maximum Gasteiger partial charge on any atom is 0.310 e. The van der Waals surface area contributed by atoms with Crippen LogP contribution in [0.2, 0.25) is 0 Å². The first kappa shape index (κ1) is 9.71. The lowest BCUT2D eigenvalue weighted by Crippen LogP contribution is -2.08. The molecule has 3 heteroatoms. The molecule has 0 aliphatic heterocycles. The van der Waals surface area contributed by atoms with Gasteiger partial charge < -0.3 is 4.74 Å². The van der Waals surface area contributed by atoms with Crippen LogP contribution in [-0.2, 0) is 16.0 Å². The molecule has 0 aliphatic rings. The maximum absolute atomic E-state index is 13.0. The SMILES string of the molecule is CCOC(=O)Cc1ccccc1F. The summed E-state index contributed by atoms with van der Waals surface area (Å²) in [6, 6.07) is 6.18. The molecule has 0 amide bonds. The summed E-state index contributed by atoms with van der Waals surface area (Å²) in [4.78, 5) is 11.0. The van der Waals surface area contributed by atoms with Gasteiger partial charge >= 0.3 is 5.97 Å². The van der Waals surface area contributed by atoms with Crippen LogP contribution in [0.5, 0.6) is 0 Å². The van der Waals surface area contributed by atoms with Crippen molar-refractivity contribution < 1.29 is 13.9 Å². The summed E-state index contributed by atoms with van der Waals surface area (Å²) in [5, 5.41) is 0. The van der Waals surface area contributed by atoms with Gasteiger partial charge in [-0.2, -0.15) is 0 Å². The minimum atomic E-state index is -0.396. The molecule has 0 saturated carbocycles. The third kappa shape index (κ3) is 2.86. The van der Waals surface area contributed by atoms with Crippen LogP contribution in [0.15, 0.2) is 24.3 Å². The molecule has 0 aliphatic carbocycles. The smallest absolute Gasteiger partial charge is 0.310 e. The number of carbonyl (C=O) groups is 1. The number of benzene rings is 1. The lowest BCUT2D eigenvalue weighted by atomic mass is 10.1. The third-order valence-electron chi connectivity index (χ3n) is 1.60. The fraction of sp³-hybridized carbons (Fsp3) is 0.300. The minimum absolute atomic E-state index is 0.000509. The zero-order valence-electron chi connectivity index (χ0n) is 7.42. The molecule has 0 radical (unpaired) electrons. The number of rotatable bonds is 3. The molecule has 1 rings (SSSR count). The Labute approximate surface area is 76.3 Å². The van der Waals surface area contributed by atoms with Crippen LogP contribution < -0.4 is 0 Å². The largest absolute Gasteiger partial charge is 0.466 e. The summed E-state index contributed by atoms with van der Waals surface area (Å²) in [5.74, 6) is -0.761. The average molecular weight is 182 g/mol. The van der Waals surface area contributed by atoms with Crippen molar-refractivity contribution in [2.24, 2.45) is 0 Å². The zero-order valence-corrected chi connectivity index (χ0v) is 7.42. The highest BCUT2D eigenvalue weighted by molar-refractivity contribution is 5.72. The molecule has 0 bridgehead atoms. The van der Waals surface area contributed by atoms with Crippen molar-refractivity contribution in [3.63, 3.8) is 0 Å². The van der Waals surface area contributed by atoms with Gasteiger partial charge in [-0.15, -0.1) is 0 Å². The van der Waals surface area contributed by atoms with Gasteiger partial charge in [0, 0.05) is 0 Å². The molecular weight excluding hydrogens is 171 g/mol. The lowest BCUT2D eigenvalue weighted by Gasteiger charge is -2.02. The first-order chi connectivity index (χ1) is 6.24. The van der Waals surface area contributed by atoms with Crippen LogP contribution in [0.25, 0.3) is 0 Å². The van der Waals surface area contributed by atoms with Crippen molar-refractivity contribution in [3.8, 4) is 0 Å². The van der Waals surface area contributed by atoms with Gasteiger partial charge in [-0.25, -0.2) is 4.39 Å². The van der Waals surface area contributed by atoms with E-state index in [9.17, 15) is 9.18 Å². The van der Waals surface area contributed by atoms with Crippen molar-refractivity contribution in [1.82, 2.24) is 0 Å². The quantitative estimate of drug-likeness (QED) is 0.667. The summed E-state index contributed by atoms with van der Waals surface area (Å²) in [5.41, 5.74) is 0.376. The molecule has 0 saturated heterocycles. The second kappa shape index (κ2) is 4.60. The van der Waals surface area contributed by atoms with E-state index in [0.717, 1.165) is 0 Å². The Morgan fingerprint density at radius 1 is 1.46 bits per heavy atom. The van der Waals surface area contributed by atoms with Gasteiger partial charge in [0.1, 0.15) is 5.82 Å². The fourth-order valence-corrected chi connectivity index (χ4v) is 1.01. The molecule has 2 nitrogen and oxygen atoms in total. The predicted molar refractivity (Wildman–Crippen MR) is 46.7 cm³/mol. The van der Waals surface area contributed by atoms with Gasteiger partial charge in [0.2, 0.25) is 0 Å². The normalized spacial score (nSPS) is 9.69. The first-order valence-corrected chi connectivity index (χ1v) is 4.13. The molecule has 1 aromatic rings. The first-order valence-electron chi connectivity index (χ1n) is 4.13. The molecule has 1 aromatic carbocycles. The van der Waals surface area contributed by atoms with Crippen LogP contribution in [0.1, 0.15) is 12.5 Å². The Balaban J connectivity index is 2.63. The van der Waals surface area contributed by atoms with E-state index in [2.05, 4.69) is 0 Å². The van der Waals surface area contributed by atoms with Crippen molar-refractivity contribution in [2.45, 2.75) is 13.3 Å². The number of ether oxygens (including phenoxy) is 1. The molecule has 0 N–H and O–H groups in total. The highest BCUT2D eigenvalue weighted by atomic mass is 19.1. The van der Waals surface area contributed by atoms with E-state index in [1.807, 2.05) is 0 Å². The van der Waals surface area contributed by atoms with Gasteiger partial charge in [-0.05, 0) is 18.6 Å². The number of hydrogen-bond acceptors (Lipinski definition) is 2. The Morgan fingerprint density at radius 3 is 2.77 bits per heavy atom. The summed E-state index contributed by atoms with van der Waals surface area (Å²) >= 11 is 0. The van der Waals surface area contributed by atoms with E-state index >= 15 is 0 Å². The highest BCUT2D eigenvalue weighted by Crippen LogP contribution is 2.07. The Kier molecular flexibility index (Phi) is 3.43. The van der Waals surface area contributed by atoms with Gasteiger partial charge in [0.05, 0.1) is 13.0 Å². The van der Waals surface area contributed by atoms with Crippen LogP contribution in [0.4, 0.5) is 4.39 Å². The molecule has 0 aromatic heterocycles. The molecule has 0 unspecified atom stereocenters. The lowest BCUT2D eigenvalue weighted by molar-refractivity contribution is -0.142. The van der Waals surface area contributed by atoms with Gasteiger partial charge in [0.25, 0.3) is 0 Å². The summed E-state index contributed by atoms with van der Waals surface area (Å²) in [6.07, 6.45) is 0.000509. The molecule has 0 fully saturated rings. The second-order valence-corrected chi connectivity index (χ2v) is 2.57.